The lowest BCUT2D eigenvalue weighted by Gasteiger charge is -2.05. The average molecular weight is 213 g/mol. The Balaban J connectivity index is 2.17. The maximum atomic E-state index is 5.81. The Morgan fingerprint density at radius 1 is 1.31 bits per heavy atom. The Bertz CT molecular complexity index is 540. The molecule has 82 valence electrons. The molecule has 1 aliphatic carbocycles. The van der Waals surface area contributed by atoms with Crippen molar-refractivity contribution in [3.63, 3.8) is 0 Å². The zero-order valence-electron chi connectivity index (χ0n) is 9.40. The Morgan fingerprint density at radius 3 is 3.00 bits per heavy atom. The van der Waals surface area contributed by atoms with Gasteiger partial charge in [0.15, 0.2) is 0 Å². The molecule has 2 N–H and O–H groups in total. The van der Waals surface area contributed by atoms with Crippen LogP contribution in [0.3, 0.4) is 0 Å². The number of aromatic nitrogens is 2. The smallest absolute Gasteiger partial charge is 0.0669 e. The number of rotatable bonds is 1. The van der Waals surface area contributed by atoms with Gasteiger partial charge in [0.05, 0.1) is 11.4 Å². The Hall–Kier alpha value is -1.77. The first kappa shape index (κ1) is 9.46. The van der Waals surface area contributed by atoms with Crippen LogP contribution in [-0.2, 0) is 12.8 Å². The van der Waals surface area contributed by atoms with Crippen LogP contribution in [0, 0.1) is 6.92 Å². The number of aryl methyl sites for hydroxylation is 1. The molecular formula is C13H15N3. The molecule has 1 aliphatic rings. The summed E-state index contributed by atoms with van der Waals surface area (Å²) in [6, 6.07) is 7.91. The molecule has 16 heavy (non-hydrogen) atoms. The van der Waals surface area contributed by atoms with Crippen molar-refractivity contribution >= 4 is 5.69 Å². The van der Waals surface area contributed by atoms with Crippen molar-refractivity contribution in [1.29, 1.82) is 0 Å². The quantitative estimate of drug-likeness (QED) is 0.738. The lowest BCUT2D eigenvalue weighted by molar-refractivity contribution is 0.773. The molecule has 0 fully saturated rings. The molecule has 0 saturated carbocycles. The Morgan fingerprint density at radius 2 is 2.19 bits per heavy atom. The summed E-state index contributed by atoms with van der Waals surface area (Å²) < 4.78 is 2.05. The molecular weight excluding hydrogens is 198 g/mol. The predicted molar refractivity (Wildman–Crippen MR) is 64.7 cm³/mol. The number of hydrogen-bond acceptors (Lipinski definition) is 2. The van der Waals surface area contributed by atoms with Gasteiger partial charge in [0.1, 0.15) is 0 Å². The molecule has 2 aromatic rings. The third kappa shape index (κ3) is 1.32. The van der Waals surface area contributed by atoms with E-state index in [0.717, 1.165) is 23.5 Å². The second-order valence-corrected chi connectivity index (χ2v) is 4.37. The van der Waals surface area contributed by atoms with Crippen LogP contribution in [0.4, 0.5) is 5.69 Å². The van der Waals surface area contributed by atoms with Crippen LogP contribution in [0.1, 0.15) is 23.4 Å². The van der Waals surface area contributed by atoms with E-state index in [1.54, 1.807) is 0 Å². The second kappa shape index (κ2) is 3.37. The number of benzene rings is 1. The van der Waals surface area contributed by atoms with E-state index in [2.05, 4.69) is 18.1 Å². The van der Waals surface area contributed by atoms with Gasteiger partial charge in [0.2, 0.25) is 0 Å². The molecule has 1 aromatic carbocycles. The van der Waals surface area contributed by atoms with E-state index in [1.807, 2.05) is 22.9 Å². The third-order valence-corrected chi connectivity index (χ3v) is 3.25. The standard InChI is InChI=1S/C13H15N3/c1-9-12-6-3-7-13(12)16(15-9)11-5-2-4-10(14)8-11/h2,4-5,8H,3,6-7,14H2,1H3. The maximum absolute atomic E-state index is 5.81. The molecule has 0 saturated heterocycles. The third-order valence-electron chi connectivity index (χ3n) is 3.25. The van der Waals surface area contributed by atoms with Gasteiger partial charge in [-0.05, 0) is 49.9 Å². The van der Waals surface area contributed by atoms with Crippen LogP contribution in [0.5, 0.6) is 0 Å². The van der Waals surface area contributed by atoms with E-state index in [-0.39, 0.29) is 0 Å². The molecule has 0 unspecified atom stereocenters. The molecule has 3 nitrogen and oxygen atoms in total. The van der Waals surface area contributed by atoms with E-state index in [9.17, 15) is 0 Å². The van der Waals surface area contributed by atoms with Gasteiger partial charge in [-0.1, -0.05) is 6.07 Å². The summed E-state index contributed by atoms with van der Waals surface area (Å²) in [6.07, 6.45) is 3.55. The van der Waals surface area contributed by atoms with Crippen LogP contribution in [-0.4, -0.2) is 9.78 Å². The summed E-state index contributed by atoms with van der Waals surface area (Å²) in [7, 11) is 0. The van der Waals surface area contributed by atoms with Crippen LogP contribution in [0.2, 0.25) is 0 Å². The van der Waals surface area contributed by atoms with Gasteiger partial charge in [0, 0.05) is 11.4 Å². The summed E-state index contributed by atoms with van der Waals surface area (Å²) in [5, 5.41) is 4.60. The molecule has 1 aromatic heterocycles. The zero-order chi connectivity index (χ0) is 11.1. The minimum absolute atomic E-state index is 0.789. The fraction of sp³-hybridized carbons (Fsp3) is 0.308. The minimum Gasteiger partial charge on any atom is -0.399 e. The molecule has 3 heteroatoms. The maximum Gasteiger partial charge on any atom is 0.0669 e. The van der Waals surface area contributed by atoms with Gasteiger partial charge in [-0.25, -0.2) is 4.68 Å². The van der Waals surface area contributed by atoms with E-state index >= 15 is 0 Å². The van der Waals surface area contributed by atoms with E-state index in [4.69, 9.17) is 5.73 Å². The summed E-state index contributed by atoms with van der Waals surface area (Å²) in [5.74, 6) is 0. The largest absolute Gasteiger partial charge is 0.399 e. The molecule has 0 amide bonds. The topological polar surface area (TPSA) is 43.8 Å². The zero-order valence-corrected chi connectivity index (χ0v) is 9.40. The normalized spacial score (nSPS) is 14.1. The fourth-order valence-corrected chi connectivity index (χ4v) is 2.49. The van der Waals surface area contributed by atoms with Gasteiger partial charge in [-0.3, -0.25) is 0 Å². The Labute approximate surface area is 94.9 Å². The second-order valence-electron chi connectivity index (χ2n) is 4.37. The van der Waals surface area contributed by atoms with Crippen LogP contribution >= 0.6 is 0 Å². The van der Waals surface area contributed by atoms with Crippen LogP contribution in [0.15, 0.2) is 24.3 Å². The summed E-state index contributed by atoms with van der Waals surface area (Å²) >= 11 is 0. The minimum atomic E-state index is 0.789. The molecule has 3 rings (SSSR count). The number of fused-ring (bicyclic) bond motifs is 1. The number of nitrogen functional groups attached to an aromatic ring is 1. The molecule has 1 heterocycles. The monoisotopic (exact) mass is 213 g/mol. The number of nitrogens with zero attached hydrogens (tertiary/aromatic N) is 2. The first-order chi connectivity index (χ1) is 7.75. The van der Waals surface area contributed by atoms with Gasteiger partial charge < -0.3 is 5.73 Å². The molecule has 0 bridgehead atoms. The highest BCUT2D eigenvalue weighted by atomic mass is 15.3. The average Bonchev–Trinajstić information content (AvgIpc) is 2.83. The molecule has 0 aliphatic heterocycles. The Kier molecular flexibility index (Phi) is 1.99. The van der Waals surface area contributed by atoms with Crippen molar-refractivity contribution in [2.75, 3.05) is 5.73 Å². The highest BCUT2D eigenvalue weighted by Crippen LogP contribution is 2.27. The summed E-state index contributed by atoms with van der Waals surface area (Å²) in [5.41, 5.74) is 11.6. The van der Waals surface area contributed by atoms with Crippen LogP contribution in [0.25, 0.3) is 5.69 Å². The summed E-state index contributed by atoms with van der Waals surface area (Å²) in [4.78, 5) is 0. The lowest BCUT2D eigenvalue weighted by Crippen LogP contribution is -2.01. The molecule has 0 radical (unpaired) electrons. The SMILES string of the molecule is Cc1nn(-c2cccc(N)c2)c2c1CCC2. The van der Waals surface area contributed by atoms with E-state index < -0.39 is 0 Å². The predicted octanol–water partition coefficient (Wildman–Crippen LogP) is 2.25. The van der Waals surface area contributed by atoms with Crippen molar-refractivity contribution < 1.29 is 0 Å². The highest BCUT2D eigenvalue weighted by Gasteiger charge is 2.20. The van der Waals surface area contributed by atoms with Crippen molar-refractivity contribution in [3.8, 4) is 5.69 Å². The lowest BCUT2D eigenvalue weighted by atomic mass is 10.2. The van der Waals surface area contributed by atoms with Crippen molar-refractivity contribution in [3.05, 3.63) is 41.2 Å². The van der Waals surface area contributed by atoms with Gasteiger partial charge in [-0.2, -0.15) is 5.10 Å². The van der Waals surface area contributed by atoms with E-state index in [0.29, 0.717) is 0 Å². The van der Waals surface area contributed by atoms with Crippen molar-refractivity contribution in [1.82, 2.24) is 9.78 Å². The number of hydrogen-bond donors (Lipinski definition) is 1. The molecule has 0 atom stereocenters. The van der Waals surface area contributed by atoms with Crippen molar-refractivity contribution in [2.24, 2.45) is 0 Å². The van der Waals surface area contributed by atoms with Crippen LogP contribution < -0.4 is 5.73 Å². The summed E-state index contributed by atoms with van der Waals surface area (Å²) in [6.45, 7) is 2.09. The molecule has 0 spiro atoms. The first-order valence-corrected chi connectivity index (χ1v) is 5.69. The number of nitrogens with two attached hydrogens (primary N) is 1. The first-order valence-electron chi connectivity index (χ1n) is 5.69. The van der Waals surface area contributed by atoms with Crippen molar-refractivity contribution in [2.45, 2.75) is 26.2 Å². The highest BCUT2D eigenvalue weighted by molar-refractivity contribution is 5.49. The van der Waals surface area contributed by atoms with Gasteiger partial charge in [-0.15, -0.1) is 0 Å². The van der Waals surface area contributed by atoms with Gasteiger partial charge in [0.25, 0.3) is 0 Å². The fourth-order valence-electron chi connectivity index (χ4n) is 2.49. The van der Waals surface area contributed by atoms with E-state index in [1.165, 1.54) is 24.1 Å². The number of anilines is 1. The van der Waals surface area contributed by atoms with Gasteiger partial charge >= 0.3 is 0 Å².